The van der Waals surface area contributed by atoms with Crippen molar-refractivity contribution in [1.29, 1.82) is 0 Å². The Balaban J connectivity index is 1.80. The number of hydrogen-bond acceptors (Lipinski definition) is 4. The second-order valence-corrected chi connectivity index (χ2v) is 7.42. The van der Waals surface area contributed by atoms with Gasteiger partial charge < -0.3 is 5.32 Å². The molecule has 3 nitrogen and oxygen atoms in total. The lowest BCUT2D eigenvalue weighted by Gasteiger charge is -2.00. The lowest BCUT2D eigenvalue weighted by molar-refractivity contribution is 0.679. The lowest BCUT2D eigenvalue weighted by atomic mass is 10.2. The molecule has 1 fully saturated rings. The van der Waals surface area contributed by atoms with Gasteiger partial charge in [-0.25, -0.2) is 0 Å². The molecule has 1 aromatic heterocycles. The van der Waals surface area contributed by atoms with E-state index in [1.165, 1.54) is 16.4 Å². The number of hydrogen-bond donors (Lipinski definition) is 1. The van der Waals surface area contributed by atoms with E-state index in [-0.39, 0.29) is 0 Å². The van der Waals surface area contributed by atoms with E-state index >= 15 is 0 Å². The molecule has 1 saturated carbocycles. The van der Waals surface area contributed by atoms with Gasteiger partial charge in [-0.05, 0) is 53.6 Å². The highest BCUT2D eigenvalue weighted by Gasteiger charge is 2.21. The summed E-state index contributed by atoms with van der Waals surface area (Å²) in [7, 11) is 0. The minimum atomic E-state index is 0.711. The molecule has 0 amide bonds. The van der Waals surface area contributed by atoms with Gasteiger partial charge in [0.1, 0.15) is 10.0 Å². The lowest BCUT2D eigenvalue weighted by Crippen LogP contribution is -2.14. The molecule has 0 bridgehead atoms. The van der Waals surface area contributed by atoms with Crippen LogP contribution in [0.3, 0.4) is 0 Å². The Morgan fingerprint density at radius 2 is 2.22 bits per heavy atom. The average Bonchev–Trinajstić information content (AvgIpc) is 3.08. The Morgan fingerprint density at radius 1 is 1.39 bits per heavy atom. The summed E-state index contributed by atoms with van der Waals surface area (Å²) >= 11 is 7.50. The van der Waals surface area contributed by atoms with Crippen LogP contribution in [0, 0.1) is 3.57 Å². The van der Waals surface area contributed by atoms with Crippen LogP contribution in [0.2, 0.25) is 0 Å². The molecule has 1 aliphatic carbocycles. The predicted molar refractivity (Wildman–Crippen MR) is 85.6 cm³/mol. The third-order valence-corrected chi connectivity index (χ3v) is 5.14. The summed E-state index contributed by atoms with van der Waals surface area (Å²) in [6.07, 6.45) is 2.60. The van der Waals surface area contributed by atoms with Crippen molar-refractivity contribution in [2.45, 2.75) is 25.4 Å². The van der Waals surface area contributed by atoms with Crippen LogP contribution in [0.1, 0.15) is 17.8 Å². The van der Waals surface area contributed by atoms with Gasteiger partial charge in [-0.15, -0.1) is 10.2 Å². The van der Waals surface area contributed by atoms with Crippen molar-refractivity contribution in [2.75, 3.05) is 0 Å². The van der Waals surface area contributed by atoms with Gasteiger partial charge in [0, 0.05) is 26.2 Å². The minimum Gasteiger partial charge on any atom is -0.308 e. The first-order valence-corrected chi connectivity index (χ1v) is 8.42. The highest BCUT2D eigenvalue weighted by Crippen LogP contribution is 2.30. The Bertz CT molecular complexity index is 568. The van der Waals surface area contributed by atoms with Crippen molar-refractivity contribution in [3.8, 4) is 10.6 Å². The van der Waals surface area contributed by atoms with Crippen LogP contribution in [0.15, 0.2) is 22.7 Å². The maximum Gasteiger partial charge on any atom is 0.148 e. The van der Waals surface area contributed by atoms with Crippen LogP contribution >= 0.6 is 49.9 Å². The van der Waals surface area contributed by atoms with E-state index in [0.29, 0.717) is 6.04 Å². The third kappa shape index (κ3) is 3.09. The molecular formula is C12H11BrIN3S. The molecule has 3 rings (SSSR count). The van der Waals surface area contributed by atoms with Crippen molar-refractivity contribution in [3.05, 3.63) is 31.2 Å². The van der Waals surface area contributed by atoms with E-state index in [1.807, 2.05) is 6.07 Å². The molecule has 0 atom stereocenters. The summed E-state index contributed by atoms with van der Waals surface area (Å²) in [5.74, 6) is 0. The maximum absolute atomic E-state index is 4.29. The molecule has 6 heteroatoms. The quantitative estimate of drug-likeness (QED) is 0.741. The predicted octanol–water partition coefficient (Wildman–Crippen LogP) is 3.82. The zero-order chi connectivity index (χ0) is 12.5. The first-order chi connectivity index (χ1) is 8.72. The van der Waals surface area contributed by atoms with E-state index < -0.39 is 0 Å². The van der Waals surface area contributed by atoms with Gasteiger partial charge in [0.25, 0.3) is 0 Å². The standard InChI is InChI=1S/C12H11BrIN3S/c13-7-1-4-10(14)9(5-7)12-17-16-11(18-12)6-15-8-2-3-8/h1,4-5,8,15H,2-3,6H2. The molecule has 0 aliphatic heterocycles. The van der Waals surface area contributed by atoms with Crippen LogP contribution in [0.4, 0.5) is 0 Å². The van der Waals surface area contributed by atoms with E-state index in [0.717, 1.165) is 26.6 Å². The zero-order valence-corrected chi connectivity index (χ0v) is 14.0. The van der Waals surface area contributed by atoms with Crippen LogP contribution in [0.5, 0.6) is 0 Å². The summed E-state index contributed by atoms with van der Waals surface area (Å²) < 4.78 is 2.28. The summed E-state index contributed by atoms with van der Waals surface area (Å²) in [5.41, 5.74) is 1.15. The fraction of sp³-hybridized carbons (Fsp3) is 0.333. The van der Waals surface area contributed by atoms with Gasteiger partial charge in [0.2, 0.25) is 0 Å². The van der Waals surface area contributed by atoms with Crippen LogP contribution in [0.25, 0.3) is 10.6 Å². The van der Waals surface area contributed by atoms with Gasteiger partial charge in [0.05, 0.1) is 0 Å². The monoisotopic (exact) mass is 435 g/mol. The molecule has 0 unspecified atom stereocenters. The summed E-state index contributed by atoms with van der Waals surface area (Å²) in [6.45, 7) is 0.840. The van der Waals surface area contributed by atoms with E-state index in [4.69, 9.17) is 0 Å². The molecule has 1 heterocycles. The first kappa shape index (κ1) is 13.0. The Hall–Kier alpha value is -0.0500. The number of benzene rings is 1. The minimum absolute atomic E-state index is 0.711. The Morgan fingerprint density at radius 3 is 3.00 bits per heavy atom. The summed E-state index contributed by atoms with van der Waals surface area (Å²) in [6, 6.07) is 6.94. The molecule has 1 aliphatic rings. The van der Waals surface area contributed by atoms with Crippen molar-refractivity contribution in [3.63, 3.8) is 0 Å². The van der Waals surface area contributed by atoms with Crippen molar-refractivity contribution in [2.24, 2.45) is 0 Å². The third-order valence-electron chi connectivity index (χ3n) is 2.74. The number of rotatable bonds is 4. The topological polar surface area (TPSA) is 37.8 Å². The number of nitrogens with zero attached hydrogens (tertiary/aromatic N) is 2. The normalized spacial score (nSPS) is 15.0. The SMILES string of the molecule is Brc1ccc(I)c(-c2nnc(CNC3CC3)s2)c1. The van der Waals surface area contributed by atoms with Crippen LogP contribution in [-0.4, -0.2) is 16.2 Å². The average molecular weight is 436 g/mol. The molecule has 94 valence electrons. The maximum atomic E-state index is 4.29. The van der Waals surface area contributed by atoms with Gasteiger partial charge in [-0.1, -0.05) is 27.3 Å². The molecule has 1 N–H and O–H groups in total. The fourth-order valence-corrected chi connectivity index (χ4v) is 3.57. The summed E-state index contributed by atoms with van der Waals surface area (Å²) in [4.78, 5) is 0. The smallest absolute Gasteiger partial charge is 0.148 e. The van der Waals surface area contributed by atoms with E-state index in [9.17, 15) is 0 Å². The largest absolute Gasteiger partial charge is 0.308 e. The highest BCUT2D eigenvalue weighted by atomic mass is 127. The molecule has 2 aromatic rings. The second kappa shape index (κ2) is 5.52. The van der Waals surface area contributed by atoms with Crippen molar-refractivity contribution in [1.82, 2.24) is 15.5 Å². The first-order valence-electron chi connectivity index (χ1n) is 5.73. The van der Waals surface area contributed by atoms with Gasteiger partial charge in [0.15, 0.2) is 0 Å². The van der Waals surface area contributed by atoms with Gasteiger partial charge in [-0.3, -0.25) is 0 Å². The number of nitrogens with one attached hydrogen (secondary N) is 1. The molecule has 1 aromatic carbocycles. The molecule has 0 radical (unpaired) electrons. The molecule has 0 spiro atoms. The van der Waals surface area contributed by atoms with Gasteiger partial charge >= 0.3 is 0 Å². The van der Waals surface area contributed by atoms with Crippen LogP contribution in [-0.2, 0) is 6.54 Å². The van der Waals surface area contributed by atoms with E-state index in [2.05, 4.69) is 66.2 Å². The van der Waals surface area contributed by atoms with Crippen LogP contribution < -0.4 is 5.32 Å². The Kier molecular flexibility index (Phi) is 3.97. The molecular weight excluding hydrogens is 425 g/mol. The summed E-state index contributed by atoms with van der Waals surface area (Å²) in [5, 5.41) is 14.1. The number of aromatic nitrogens is 2. The highest BCUT2D eigenvalue weighted by molar-refractivity contribution is 14.1. The molecule has 0 saturated heterocycles. The second-order valence-electron chi connectivity index (χ2n) is 4.28. The Labute approximate surface area is 132 Å². The van der Waals surface area contributed by atoms with Crippen molar-refractivity contribution < 1.29 is 0 Å². The zero-order valence-electron chi connectivity index (χ0n) is 9.49. The van der Waals surface area contributed by atoms with Gasteiger partial charge in [-0.2, -0.15) is 0 Å². The molecule has 18 heavy (non-hydrogen) atoms. The fourth-order valence-electron chi connectivity index (χ4n) is 1.61. The number of halogens is 2. The van der Waals surface area contributed by atoms with Crippen molar-refractivity contribution >= 4 is 49.9 Å². The van der Waals surface area contributed by atoms with E-state index in [1.54, 1.807) is 11.3 Å².